The molecule has 0 aromatic heterocycles. The molecule has 0 amide bonds. The molecule has 0 spiro atoms. The third kappa shape index (κ3) is 4.18. The number of benzene rings is 1. The van der Waals surface area contributed by atoms with E-state index in [1.807, 2.05) is 12.1 Å². The summed E-state index contributed by atoms with van der Waals surface area (Å²) in [6, 6.07) is 8.01. The molecule has 1 fully saturated rings. The van der Waals surface area contributed by atoms with Gasteiger partial charge in [0.25, 0.3) is 0 Å². The molecule has 2 unspecified atom stereocenters. The first-order valence-corrected chi connectivity index (χ1v) is 8.97. The van der Waals surface area contributed by atoms with E-state index in [1.165, 1.54) is 0 Å². The van der Waals surface area contributed by atoms with Gasteiger partial charge in [0.15, 0.2) is 0 Å². The minimum absolute atomic E-state index is 0.312. The summed E-state index contributed by atoms with van der Waals surface area (Å²) in [6.45, 7) is 5.50. The van der Waals surface area contributed by atoms with Crippen LogP contribution in [-0.2, 0) is 10.0 Å². The molecule has 0 saturated carbocycles. The highest BCUT2D eigenvalue weighted by atomic mass is 32.2. The third-order valence-corrected chi connectivity index (χ3v) is 5.64. The number of piperidine rings is 1. The van der Waals surface area contributed by atoms with Crippen LogP contribution < -0.4 is 10.0 Å². The Kier molecular flexibility index (Phi) is 5.24. The van der Waals surface area contributed by atoms with Crippen LogP contribution in [-0.4, -0.2) is 45.5 Å². The zero-order valence-corrected chi connectivity index (χ0v) is 13.8. The van der Waals surface area contributed by atoms with Gasteiger partial charge < -0.3 is 10.2 Å². The van der Waals surface area contributed by atoms with Gasteiger partial charge in [-0.15, -0.1) is 0 Å². The van der Waals surface area contributed by atoms with Crippen molar-refractivity contribution in [2.45, 2.75) is 43.7 Å². The SMILES string of the molecule is CCNS(=O)(=O)c1ccc(NC2CCN(C)C(C)C2)cc1. The summed E-state index contributed by atoms with van der Waals surface area (Å²) in [5, 5.41) is 3.50. The Balaban J connectivity index is 2.00. The van der Waals surface area contributed by atoms with Crippen LogP contribution in [0.4, 0.5) is 5.69 Å². The summed E-state index contributed by atoms with van der Waals surface area (Å²) < 4.78 is 26.2. The Hall–Kier alpha value is -1.11. The van der Waals surface area contributed by atoms with Crippen LogP contribution in [0.25, 0.3) is 0 Å². The molecular formula is C15H25N3O2S. The maximum absolute atomic E-state index is 11.9. The first kappa shape index (κ1) is 16.3. The highest BCUT2D eigenvalue weighted by Gasteiger charge is 2.22. The maximum Gasteiger partial charge on any atom is 0.240 e. The van der Waals surface area contributed by atoms with Crippen molar-refractivity contribution in [1.29, 1.82) is 0 Å². The zero-order chi connectivity index (χ0) is 15.5. The van der Waals surface area contributed by atoms with Crippen LogP contribution in [0, 0.1) is 0 Å². The van der Waals surface area contributed by atoms with Crippen LogP contribution >= 0.6 is 0 Å². The molecule has 1 aromatic carbocycles. The third-order valence-electron chi connectivity index (χ3n) is 4.08. The summed E-state index contributed by atoms with van der Waals surface area (Å²) in [5.41, 5.74) is 0.979. The molecule has 2 atom stereocenters. The molecule has 0 aliphatic carbocycles. The number of likely N-dealkylation sites (tertiary alicyclic amines) is 1. The van der Waals surface area contributed by atoms with Gasteiger partial charge in [0.1, 0.15) is 0 Å². The number of sulfonamides is 1. The number of anilines is 1. The molecule has 1 saturated heterocycles. The molecule has 1 aliphatic heterocycles. The quantitative estimate of drug-likeness (QED) is 0.871. The van der Waals surface area contributed by atoms with Crippen LogP contribution in [0.5, 0.6) is 0 Å². The molecule has 0 bridgehead atoms. The largest absolute Gasteiger partial charge is 0.382 e. The van der Waals surface area contributed by atoms with Gasteiger partial charge in [0, 0.05) is 30.9 Å². The molecule has 2 rings (SSSR count). The van der Waals surface area contributed by atoms with Gasteiger partial charge >= 0.3 is 0 Å². The van der Waals surface area contributed by atoms with Crippen molar-refractivity contribution in [1.82, 2.24) is 9.62 Å². The fourth-order valence-corrected chi connectivity index (χ4v) is 3.70. The molecule has 1 heterocycles. The van der Waals surface area contributed by atoms with E-state index in [4.69, 9.17) is 0 Å². The van der Waals surface area contributed by atoms with Gasteiger partial charge in [-0.1, -0.05) is 6.92 Å². The number of nitrogens with zero attached hydrogens (tertiary/aromatic N) is 1. The molecule has 5 nitrogen and oxygen atoms in total. The summed E-state index contributed by atoms with van der Waals surface area (Å²) in [6.07, 6.45) is 2.21. The van der Waals surface area contributed by atoms with Crippen LogP contribution in [0.15, 0.2) is 29.2 Å². The molecule has 6 heteroatoms. The second-order valence-corrected chi connectivity index (χ2v) is 7.49. The second kappa shape index (κ2) is 6.77. The maximum atomic E-state index is 11.9. The van der Waals surface area contributed by atoms with E-state index in [9.17, 15) is 8.42 Å². The van der Waals surface area contributed by atoms with Crippen molar-refractivity contribution in [3.8, 4) is 0 Å². The lowest BCUT2D eigenvalue weighted by Gasteiger charge is -2.35. The molecule has 21 heavy (non-hydrogen) atoms. The lowest BCUT2D eigenvalue weighted by Crippen LogP contribution is -2.42. The van der Waals surface area contributed by atoms with E-state index < -0.39 is 10.0 Å². The van der Waals surface area contributed by atoms with Gasteiger partial charge in [-0.3, -0.25) is 0 Å². The molecule has 118 valence electrons. The molecule has 2 N–H and O–H groups in total. The van der Waals surface area contributed by atoms with Crippen molar-refractivity contribution in [2.75, 3.05) is 25.5 Å². The minimum Gasteiger partial charge on any atom is -0.382 e. The average molecular weight is 311 g/mol. The van der Waals surface area contributed by atoms with E-state index in [2.05, 4.69) is 28.9 Å². The summed E-state index contributed by atoms with van der Waals surface area (Å²) in [5.74, 6) is 0. The number of nitrogens with one attached hydrogen (secondary N) is 2. The Morgan fingerprint density at radius 2 is 1.95 bits per heavy atom. The van der Waals surface area contributed by atoms with Crippen molar-refractivity contribution in [2.24, 2.45) is 0 Å². The van der Waals surface area contributed by atoms with E-state index in [0.29, 0.717) is 23.5 Å². The van der Waals surface area contributed by atoms with Gasteiger partial charge in [-0.05, 0) is 51.1 Å². The summed E-state index contributed by atoms with van der Waals surface area (Å²) in [7, 11) is -1.21. The smallest absolute Gasteiger partial charge is 0.240 e. The van der Waals surface area contributed by atoms with Crippen molar-refractivity contribution in [3.05, 3.63) is 24.3 Å². The van der Waals surface area contributed by atoms with Crippen LogP contribution in [0.3, 0.4) is 0 Å². The fourth-order valence-electron chi connectivity index (χ4n) is 2.66. The summed E-state index contributed by atoms with van der Waals surface area (Å²) in [4.78, 5) is 2.68. The van der Waals surface area contributed by atoms with Gasteiger partial charge in [-0.25, -0.2) is 13.1 Å². The topological polar surface area (TPSA) is 61.4 Å². The van der Waals surface area contributed by atoms with Gasteiger partial charge in [0.2, 0.25) is 10.0 Å². The Morgan fingerprint density at radius 3 is 2.52 bits per heavy atom. The van der Waals surface area contributed by atoms with Crippen LogP contribution in [0.1, 0.15) is 26.7 Å². The van der Waals surface area contributed by atoms with E-state index in [0.717, 1.165) is 25.1 Å². The first-order valence-electron chi connectivity index (χ1n) is 7.49. The molecule has 1 aromatic rings. The Bertz CT molecular complexity index is 557. The normalized spacial score (nSPS) is 24.0. The van der Waals surface area contributed by atoms with Crippen molar-refractivity contribution >= 4 is 15.7 Å². The standard InChI is InChI=1S/C15H25N3O2S/c1-4-16-21(19,20)15-7-5-13(6-8-15)17-14-9-10-18(3)12(2)11-14/h5-8,12,14,16-17H,4,9-11H2,1-3H3. The molecular weight excluding hydrogens is 286 g/mol. The number of hydrogen-bond acceptors (Lipinski definition) is 4. The number of rotatable bonds is 5. The Labute approximate surface area is 127 Å². The highest BCUT2D eigenvalue weighted by Crippen LogP contribution is 2.21. The van der Waals surface area contributed by atoms with Gasteiger partial charge in [0.05, 0.1) is 4.90 Å². The van der Waals surface area contributed by atoms with Crippen LogP contribution in [0.2, 0.25) is 0 Å². The predicted molar refractivity (Wildman–Crippen MR) is 86.0 cm³/mol. The van der Waals surface area contributed by atoms with E-state index >= 15 is 0 Å². The highest BCUT2D eigenvalue weighted by molar-refractivity contribution is 7.89. The van der Waals surface area contributed by atoms with Gasteiger partial charge in [-0.2, -0.15) is 0 Å². The van der Waals surface area contributed by atoms with Crippen molar-refractivity contribution < 1.29 is 8.42 Å². The predicted octanol–water partition coefficient (Wildman–Crippen LogP) is 1.88. The Morgan fingerprint density at radius 1 is 1.29 bits per heavy atom. The van der Waals surface area contributed by atoms with E-state index in [1.54, 1.807) is 19.1 Å². The first-order chi connectivity index (χ1) is 9.92. The second-order valence-electron chi connectivity index (χ2n) is 5.72. The zero-order valence-electron chi connectivity index (χ0n) is 13.0. The monoisotopic (exact) mass is 311 g/mol. The van der Waals surface area contributed by atoms with Crippen molar-refractivity contribution in [3.63, 3.8) is 0 Å². The number of hydrogen-bond donors (Lipinski definition) is 2. The minimum atomic E-state index is -3.36. The average Bonchev–Trinajstić information content (AvgIpc) is 2.43. The lowest BCUT2D eigenvalue weighted by molar-refractivity contribution is 0.190. The molecule has 1 aliphatic rings. The molecule has 0 radical (unpaired) electrons. The fraction of sp³-hybridized carbons (Fsp3) is 0.600. The lowest BCUT2D eigenvalue weighted by atomic mass is 9.99. The van der Waals surface area contributed by atoms with E-state index in [-0.39, 0.29) is 0 Å². The summed E-state index contributed by atoms with van der Waals surface area (Å²) >= 11 is 0.